The van der Waals surface area contributed by atoms with E-state index in [1.807, 2.05) is 0 Å². The lowest BCUT2D eigenvalue weighted by Gasteiger charge is -2.27. The van der Waals surface area contributed by atoms with Gasteiger partial charge < -0.3 is 20.4 Å². The standard InChI is InChI=1S/C16H24N6O3S/c1-26-16(24)13-10(23)7-11(25-13)22-9-19-12-14(17-8-18-15(12)22)20-21-5-3-2-4-6-21/h8-11,13,16,23-24H,2-7H2,1H3,(H,17,18,20)/t10-,11+,13-,16?/m0/s1. The predicted octanol–water partition coefficient (Wildman–Crippen LogP) is 0.969. The number of nitrogens with one attached hydrogen (secondary N) is 1. The molecule has 0 radical (unpaired) electrons. The van der Waals surface area contributed by atoms with Crippen molar-refractivity contribution in [3.05, 3.63) is 12.7 Å². The first-order valence-electron chi connectivity index (χ1n) is 8.91. The first kappa shape index (κ1) is 17.9. The molecule has 0 bridgehead atoms. The molecule has 2 aliphatic heterocycles. The van der Waals surface area contributed by atoms with E-state index in [4.69, 9.17) is 4.74 Å². The Bertz CT molecular complexity index is 753. The number of aromatic nitrogens is 4. The van der Waals surface area contributed by atoms with Crippen molar-refractivity contribution in [2.24, 2.45) is 0 Å². The zero-order chi connectivity index (χ0) is 18.1. The SMILES string of the molecule is CSC(O)[C@H]1O[C@@H](n2cnc3c(NN4CCCCC4)ncnc32)C[C@@H]1O. The molecule has 2 saturated heterocycles. The number of imidazole rings is 1. The van der Waals surface area contributed by atoms with Crippen molar-refractivity contribution in [2.45, 2.75) is 49.6 Å². The van der Waals surface area contributed by atoms with Gasteiger partial charge in [-0.05, 0) is 19.1 Å². The van der Waals surface area contributed by atoms with Gasteiger partial charge in [0.15, 0.2) is 17.0 Å². The summed E-state index contributed by atoms with van der Waals surface area (Å²) in [5, 5.41) is 22.4. The summed E-state index contributed by atoms with van der Waals surface area (Å²) in [7, 11) is 0. The van der Waals surface area contributed by atoms with Crippen LogP contribution in [0.4, 0.5) is 5.82 Å². The molecule has 0 spiro atoms. The lowest BCUT2D eigenvalue weighted by atomic mass is 10.2. The van der Waals surface area contributed by atoms with Crippen molar-refractivity contribution >= 4 is 28.7 Å². The normalized spacial score (nSPS) is 28.5. The van der Waals surface area contributed by atoms with Gasteiger partial charge in [0.1, 0.15) is 24.1 Å². The summed E-state index contributed by atoms with van der Waals surface area (Å²) in [5.41, 5.74) is 3.90. The number of hydrogen-bond acceptors (Lipinski definition) is 9. The van der Waals surface area contributed by atoms with E-state index in [9.17, 15) is 10.2 Å². The van der Waals surface area contributed by atoms with Gasteiger partial charge in [-0.2, -0.15) is 0 Å². The van der Waals surface area contributed by atoms with E-state index in [2.05, 4.69) is 25.4 Å². The number of hydrazine groups is 1. The predicted molar refractivity (Wildman–Crippen MR) is 98.4 cm³/mol. The molecule has 4 heterocycles. The largest absolute Gasteiger partial charge is 0.390 e. The number of aliphatic hydroxyl groups excluding tert-OH is 2. The fourth-order valence-electron chi connectivity index (χ4n) is 3.54. The fraction of sp³-hybridized carbons (Fsp3) is 0.688. The lowest BCUT2D eigenvalue weighted by molar-refractivity contribution is -0.0537. The second kappa shape index (κ2) is 7.65. The van der Waals surface area contributed by atoms with Crippen LogP contribution in [-0.4, -0.2) is 71.7 Å². The number of fused-ring (bicyclic) bond motifs is 1. The number of anilines is 1. The molecule has 3 N–H and O–H groups in total. The Hall–Kier alpha value is -1.46. The molecule has 1 unspecified atom stereocenters. The lowest BCUT2D eigenvalue weighted by Crippen LogP contribution is -2.35. The van der Waals surface area contributed by atoms with Gasteiger partial charge in [-0.3, -0.25) is 4.57 Å². The highest BCUT2D eigenvalue weighted by molar-refractivity contribution is 7.99. The number of ether oxygens (including phenoxy) is 1. The van der Waals surface area contributed by atoms with Crippen molar-refractivity contribution in [1.29, 1.82) is 0 Å². The molecule has 2 aliphatic rings. The van der Waals surface area contributed by atoms with Crippen molar-refractivity contribution in [3.63, 3.8) is 0 Å². The zero-order valence-electron chi connectivity index (χ0n) is 14.7. The molecule has 10 heteroatoms. The maximum atomic E-state index is 10.2. The second-order valence-corrected chi connectivity index (χ2v) is 7.64. The highest BCUT2D eigenvalue weighted by atomic mass is 32.2. The molecule has 2 aromatic heterocycles. The van der Waals surface area contributed by atoms with Crippen molar-refractivity contribution in [3.8, 4) is 0 Å². The van der Waals surface area contributed by atoms with Gasteiger partial charge >= 0.3 is 0 Å². The number of piperidine rings is 1. The molecule has 0 amide bonds. The molecule has 9 nitrogen and oxygen atoms in total. The molecular formula is C16H24N6O3S. The summed E-state index contributed by atoms with van der Waals surface area (Å²) in [6.45, 7) is 1.97. The van der Waals surface area contributed by atoms with Crippen LogP contribution in [0.5, 0.6) is 0 Å². The summed E-state index contributed by atoms with van der Waals surface area (Å²) in [6, 6.07) is 0. The van der Waals surface area contributed by atoms with E-state index in [0.717, 1.165) is 13.1 Å². The highest BCUT2D eigenvalue weighted by Gasteiger charge is 2.39. The molecule has 142 valence electrons. The van der Waals surface area contributed by atoms with Crippen molar-refractivity contribution in [1.82, 2.24) is 24.5 Å². The number of aliphatic hydroxyl groups is 2. The first-order valence-corrected chi connectivity index (χ1v) is 10.2. The number of thioether (sulfide) groups is 1. The maximum Gasteiger partial charge on any atom is 0.172 e. The molecule has 26 heavy (non-hydrogen) atoms. The van der Waals surface area contributed by atoms with Gasteiger partial charge in [-0.1, -0.05) is 6.42 Å². The minimum Gasteiger partial charge on any atom is -0.390 e. The minimum absolute atomic E-state index is 0.382. The average molecular weight is 380 g/mol. The first-order chi connectivity index (χ1) is 12.7. The van der Waals surface area contributed by atoms with E-state index >= 15 is 0 Å². The second-order valence-electron chi connectivity index (χ2n) is 6.69. The van der Waals surface area contributed by atoms with Crippen LogP contribution in [0, 0.1) is 0 Å². The summed E-state index contributed by atoms with van der Waals surface area (Å²) < 4.78 is 7.68. The Morgan fingerprint density at radius 3 is 2.85 bits per heavy atom. The van der Waals surface area contributed by atoms with E-state index in [0.29, 0.717) is 23.4 Å². The van der Waals surface area contributed by atoms with Crippen molar-refractivity contribution in [2.75, 3.05) is 24.8 Å². The maximum absolute atomic E-state index is 10.2. The van der Waals surface area contributed by atoms with Crippen LogP contribution < -0.4 is 5.43 Å². The van der Waals surface area contributed by atoms with E-state index in [-0.39, 0.29) is 0 Å². The van der Waals surface area contributed by atoms with Gasteiger partial charge in [0.05, 0.1) is 12.4 Å². The van der Waals surface area contributed by atoms with Crippen LogP contribution in [0.15, 0.2) is 12.7 Å². The van der Waals surface area contributed by atoms with Gasteiger partial charge in [0, 0.05) is 19.5 Å². The number of hydrogen-bond donors (Lipinski definition) is 3. The van der Waals surface area contributed by atoms with Crippen LogP contribution in [0.25, 0.3) is 11.2 Å². The molecule has 2 fully saturated rings. The van der Waals surface area contributed by atoms with Gasteiger partial charge in [0.25, 0.3) is 0 Å². The van der Waals surface area contributed by atoms with Crippen LogP contribution in [0.1, 0.15) is 31.9 Å². The Labute approximate surface area is 155 Å². The molecule has 0 aliphatic carbocycles. The molecule has 0 saturated carbocycles. The minimum atomic E-state index is -0.768. The summed E-state index contributed by atoms with van der Waals surface area (Å²) in [6.07, 6.45) is 7.16. The molecule has 4 atom stereocenters. The van der Waals surface area contributed by atoms with Crippen molar-refractivity contribution < 1.29 is 14.9 Å². The van der Waals surface area contributed by atoms with Crippen LogP contribution in [0.2, 0.25) is 0 Å². The molecular weight excluding hydrogens is 356 g/mol. The zero-order valence-corrected chi connectivity index (χ0v) is 15.5. The Balaban J connectivity index is 1.57. The molecule has 0 aromatic carbocycles. The highest BCUT2D eigenvalue weighted by Crippen LogP contribution is 2.34. The van der Waals surface area contributed by atoms with Gasteiger partial charge in [0.2, 0.25) is 0 Å². The smallest absolute Gasteiger partial charge is 0.172 e. The van der Waals surface area contributed by atoms with Crippen LogP contribution >= 0.6 is 11.8 Å². The summed E-state index contributed by atoms with van der Waals surface area (Å²) in [5.74, 6) is 0.676. The van der Waals surface area contributed by atoms with Gasteiger partial charge in [-0.15, -0.1) is 11.8 Å². The van der Waals surface area contributed by atoms with Crippen LogP contribution in [0.3, 0.4) is 0 Å². The quantitative estimate of drug-likeness (QED) is 0.654. The Morgan fingerprint density at radius 1 is 1.27 bits per heavy atom. The van der Waals surface area contributed by atoms with Gasteiger partial charge in [-0.25, -0.2) is 20.0 Å². The third kappa shape index (κ3) is 3.39. The third-order valence-electron chi connectivity index (χ3n) is 4.95. The summed E-state index contributed by atoms with van der Waals surface area (Å²) in [4.78, 5) is 13.2. The average Bonchev–Trinajstić information content (AvgIpc) is 3.26. The number of nitrogens with zero attached hydrogens (tertiary/aromatic N) is 5. The third-order valence-corrected chi connectivity index (χ3v) is 5.70. The fourth-order valence-corrected chi connectivity index (χ4v) is 4.05. The Kier molecular flexibility index (Phi) is 5.28. The van der Waals surface area contributed by atoms with E-state index in [1.165, 1.54) is 37.4 Å². The monoisotopic (exact) mass is 380 g/mol. The van der Waals surface area contributed by atoms with E-state index in [1.54, 1.807) is 17.2 Å². The molecule has 4 rings (SSSR count). The summed E-state index contributed by atoms with van der Waals surface area (Å²) >= 11 is 1.26. The topological polar surface area (TPSA) is 109 Å². The Morgan fingerprint density at radius 2 is 2.08 bits per heavy atom. The molecule has 2 aromatic rings. The van der Waals surface area contributed by atoms with E-state index < -0.39 is 23.9 Å². The van der Waals surface area contributed by atoms with Crippen LogP contribution in [-0.2, 0) is 4.74 Å². The number of rotatable bonds is 5.